The molecule has 1 radical (unpaired) electrons. The molecule has 4 heterocycles. The van der Waals surface area contributed by atoms with Crippen LogP contribution < -0.4 is 0 Å². The molecule has 287 valence electrons. The van der Waals surface area contributed by atoms with Crippen molar-refractivity contribution in [3.8, 4) is 11.1 Å². The highest BCUT2D eigenvalue weighted by Crippen LogP contribution is 2.34. The Labute approximate surface area is 344 Å². The Balaban J connectivity index is 0.000000187. The van der Waals surface area contributed by atoms with Crippen molar-refractivity contribution in [2.24, 2.45) is 11.8 Å². The summed E-state index contributed by atoms with van der Waals surface area (Å²) >= 11 is 16.7. The number of likely N-dealkylation sites (tertiary alicyclic amines) is 2. The Morgan fingerprint density at radius 2 is 1.36 bits per heavy atom. The molecule has 2 aliphatic heterocycles. The van der Waals surface area contributed by atoms with Gasteiger partial charge in [0.2, 0.25) is 0 Å². The predicted octanol–water partition coefficient (Wildman–Crippen LogP) is 10.7. The second-order valence-electron chi connectivity index (χ2n) is 15.8. The SMILES string of the molecule is CC(C)(C)OC(=O)CC1CCN(Cc2cc3c(Br)cncc3cc2Cl)CC1.O=C[B]CC1CCN(Cc2cc3c(-c4ccccc4)cncc3cc2Cl)CC1. The molecular weight excluding hydrogens is 794 g/mol. The van der Waals surface area contributed by atoms with Gasteiger partial charge in [0.15, 0.2) is 7.28 Å². The van der Waals surface area contributed by atoms with E-state index in [0.717, 1.165) is 125 Å². The van der Waals surface area contributed by atoms with Crippen LogP contribution >= 0.6 is 39.1 Å². The quantitative estimate of drug-likeness (QED) is 0.0787. The van der Waals surface area contributed by atoms with Gasteiger partial charge in [-0.3, -0.25) is 24.6 Å². The monoisotopic (exact) mass is 841 g/mol. The van der Waals surface area contributed by atoms with Crippen molar-refractivity contribution in [3.63, 3.8) is 0 Å². The summed E-state index contributed by atoms with van der Waals surface area (Å²) in [5.41, 5.74) is 4.19. The van der Waals surface area contributed by atoms with Crippen LogP contribution in [0, 0.1) is 11.8 Å². The molecule has 0 unspecified atom stereocenters. The lowest BCUT2D eigenvalue weighted by molar-refractivity contribution is -0.156. The van der Waals surface area contributed by atoms with Gasteiger partial charge in [-0.25, -0.2) is 0 Å². The number of carbonyl (C=O) groups excluding carboxylic acids is 2. The van der Waals surface area contributed by atoms with E-state index < -0.39 is 5.60 Å². The molecule has 0 amide bonds. The number of benzene rings is 3. The third-order valence-electron chi connectivity index (χ3n) is 10.5. The van der Waals surface area contributed by atoms with Crippen LogP contribution in [0.4, 0.5) is 0 Å². The first-order valence-electron chi connectivity index (χ1n) is 19.2. The number of ether oxygens (including phenoxy) is 1. The maximum atomic E-state index is 12.0. The van der Waals surface area contributed by atoms with Crippen molar-refractivity contribution in [3.05, 3.63) is 105 Å². The van der Waals surface area contributed by atoms with Crippen molar-refractivity contribution in [1.29, 1.82) is 0 Å². The third-order valence-corrected chi connectivity index (χ3v) is 11.9. The lowest BCUT2D eigenvalue weighted by Crippen LogP contribution is -2.35. The molecule has 2 saturated heterocycles. The number of carbonyl (C=O) groups is 2. The van der Waals surface area contributed by atoms with E-state index in [2.05, 4.69) is 72.1 Å². The summed E-state index contributed by atoms with van der Waals surface area (Å²) in [7, 11) is 1.75. The fraction of sp³-hybridized carbons (Fsp3) is 0.409. The van der Waals surface area contributed by atoms with E-state index in [9.17, 15) is 9.59 Å². The van der Waals surface area contributed by atoms with E-state index in [4.69, 9.17) is 27.9 Å². The van der Waals surface area contributed by atoms with E-state index in [-0.39, 0.29) is 5.97 Å². The summed E-state index contributed by atoms with van der Waals surface area (Å²) in [6, 6.07) is 18.8. The third kappa shape index (κ3) is 11.6. The van der Waals surface area contributed by atoms with Crippen molar-refractivity contribution in [2.75, 3.05) is 26.2 Å². The molecule has 0 N–H and O–H groups in total. The van der Waals surface area contributed by atoms with Gasteiger partial charge in [0.05, 0.1) is 6.19 Å². The fourth-order valence-corrected chi connectivity index (χ4v) is 8.53. The Morgan fingerprint density at radius 1 is 0.818 bits per heavy atom. The number of pyridine rings is 2. The number of fused-ring (bicyclic) bond motifs is 2. The van der Waals surface area contributed by atoms with E-state index >= 15 is 0 Å². The van der Waals surface area contributed by atoms with Gasteiger partial charge in [0.25, 0.3) is 0 Å². The lowest BCUT2D eigenvalue weighted by Gasteiger charge is -2.32. The Morgan fingerprint density at radius 3 is 1.95 bits per heavy atom. The maximum absolute atomic E-state index is 12.0. The summed E-state index contributed by atoms with van der Waals surface area (Å²) in [6.07, 6.45) is 14.1. The van der Waals surface area contributed by atoms with Gasteiger partial charge < -0.3 is 9.53 Å². The van der Waals surface area contributed by atoms with Crippen LogP contribution in [-0.4, -0.2) is 71.0 Å². The van der Waals surface area contributed by atoms with Gasteiger partial charge in [-0.1, -0.05) is 59.9 Å². The predicted molar refractivity (Wildman–Crippen MR) is 230 cm³/mol. The van der Waals surface area contributed by atoms with E-state index in [1.807, 2.05) is 63.8 Å². The summed E-state index contributed by atoms with van der Waals surface area (Å²) in [5, 5.41) is 6.00. The fourth-order valence-electron chi connectivity index (χ4n) is 7.60. The maximum Gasteiger partial charge on any atom is 0.306 e. The van der Waals surface area contributed by atoms with Gasteiger partial charge in [0.1, 0.15) is 5.60 Å². The largest absolute Gasteiger partial charge is 0.460 e. The Bertz CT molecular complexity index is 2080. The summed E-state index contributed by atoms with van der Waals surface area (Å²) in [6.45, 7) is 11.5. The van der Waals surface area contributed by atoms with Crippen LogP contribution in [0.3, 0.4) is 0 Å². The zero-order chi connectivity index (χ0) is 39.0. The minimum atomic E-state index is -0.408. The number of rotatable bonds is 10. The number of nitrogens with zero attached hydrogens (tertiary/aromatic N) is 4. The first-order valence-corrected chi connectivity index (χ1v) is 20.8. The zero-order valence-electron chi connectivity index (χ0n) is 31.9. The molecule has 0 bridgehead atoms. The molecule has 0 spiro atoms. The molecule has 5 aromatic rings. The molecule has 0 saturated carbocycles. The average molecular weight is 844 g/mol. The number of aromatic nitrogens is 2. The summed E-state index contributed by atoms with van der Waals surface area (Å²) < 4.78 is 6.43. The van der Waals surface area contributed by atoms with Crippen molar-refractivity contribution in [2.45, 2.75) is 77.9 Å². The van der Waals surface area contributed by atoms with Crippen molar-refractivity contribution < 1.29 is 14.3 Å². The van der Waals surface area contributed by atoms with Crippen LogP contribution in [0.15, 0.2) is 83.9 Å². The molecule has 7 rings (SSSR count). The van der Waals surface area contributed by atoms with Crippen LogP contribution in [0.25, 0.3) is 32.7 Å². The number of esters is 1. The van der Waals surface area contributed by atoms with E-state index in [0.29, 0.717) is 18.3 Å². The number of hydrogen-bond donors (Lipinski definition) is 0. The minimum Gasteiger partial charge on any atom is -0.460 e. The van der Waals surface area contributed by atoms with Gasteiger partial charge in [-0.2, -0.15) is 0 Å². The molecule has 2 aliphatic rings. The van der Waals surface area contributed by atoms with Crippen LogP contribution in [0.2, 0.25) is 16.4 Å². The molecule has 55 heavy (non-hydrogen) atoms. The zero-order valence-corrected chi connectivity index (χ0v) is 35.0. The van der Waals surface area contributed by atoms with Crippen LogP contribution in [0.5, 0.6) is 0 Å². The second-order valence-corrected chi connectivity index (χ2v) is 17.5. The van der Waals surface area contributed by atoms with Gasteiger partial charge in [0, 0.05) is 75.2 Å². The molecule has 2 aromatic heterocycles. The van der Waals surface area contributed by atoms with Gasteiger partial charge >= 0.3 is 5.97 Å². The summed E-state index contributed by atoms with van der Waals surface area (Å²) in [4.78, 5) is 36.1. The van der Waals surface area contributed by atoms with Crippen LogP contribution in [0.1, 0.15) is 64.0 Å². The standard InChI is InChI=1S/C23H23BClN2O.C21H26BrClN2O2/c25-23-11-19-13-26-14-22(18-4-2-1-3-5-18)21(19)10-20(23)15-27-8-6-17(7-9-27)12-24-16-28;1-21(2,3)27-20(26)8-14-4-6-25(7-5-14)13-16-9-17-15(10-19(16)23)11-24-12-18(17)22/h1-5,10-11,13-14,16-17H,6-9,12,15H2;9-12,14H,4-8,13H2,1-3H3. The summed E-state index contributed by atoms with van der Waals surface area (Å²) in [5.74, 6) is 0.949. The van der Waals surface area contributed by atoms with E-state index in [1.54, 1.807) is 7.28 Å². The van der Waals surface area contributed by atoms with Gasteiger partial charge in [-0.15, -0.1) is 0 Å². The lowest BCUT2D eigenvalue weighted by atomic mass is 9.69. The Kier molecular flexibility index (Phi) is 14.4. The molecule has 0 atom stereocenters. The molecular formula is C44H49BBrCl2N4O3. The first kappa shape index (κ1) is 41.3. The number of hydrogen-bond acceptors (Lipinski definition) is 7. The second kappa shape index (κ2) is 19.2. The van der Waals surface area contributed by atoms with Crippen molar-refractivity contribution in [1.82, 2.24) is 19.8 Å². The topological polar surface area (TPSA) is 75.6 Å². The Hall–Kier alpha value is -3.34. The normalized spacial score (nSPS) is 16.1. The van der Waals surface area contributed by atoms with Crippen molar-refractivity contribution >= 4 is 80.1 Å². The van der Waals surface area contributed by atoms with E-state index in [1.165, 1.54) is 10.9 Å². The average Bonchev–Trinajstić information content (AvgIpc) is 3.16. The molecule has 2 fully saturated rings. The molecule has 11 heteroatoms. The molecule has 7 nitrogen and oxygen atoms in total. The van der Waals surface area contributed by atoms with Crippen LogP contribution in [-0.2, 0) is 27.4 Å². The number of piperidine rings is 2. The molecule has 3 aromatic carbocycles. The van der Waals surface area contributed by atoms with Gasteiger partial charge in [-0.05, 0) is 152 Å². The highest BCUT2D eigenvalue weighted by atomic mass is 79.9. The highest BCUT2D eigenvalue weighted by Gasteiger charge is 2.25. The first-order chi connectivity index (χ1) is 26.5. The number of halogens is 3. The minimum absolute atomic E-state index is 0.0861. The smallest absolute Gasteiger partial charge is 0.306 e. The molecule has 0 aliphatic carbocycles. The highest BCUT2D eigenvalue weighted by molar-refractivity contribution is 9.10.